The highest BCUT2D eigenvalue weighted by Crippen LogP contribution is 2.51. The summed E-state index contributed by atoms with van der Waals surface area (Å²) in [5.74, 6) is 4.62. The predicted molar refractivity (Wildman–Crippen MR) is 294 cm³/mol. The summed E-state index contributed by atoms with van der Waals surface area (Å²) in [7, 11) is 6.81. The van der Waals surface area contributed by atoms with E-state index in [1.807, 2.05) is 24.3 Å². The summed E-state index contributed by atoms with van der Waals surface area (Å²) in [5.41, 5.74) is 23.1. The van der Waals surface area contributed by atoms with Crippen LogP contribution in [-0.2, 0) is 60.8 Å². The second-order valence-electron chi connectivity index (χ2n) is 21.2. The lowest BCUT2D eigenvalue weighted by molar-refractivity contribution is 0.0517. The predicted octanol–water partition coefficient (Wildman–Crippen LogP) is 15.1. The van der Waals surface area contributed by atoms with E-state index in [-0.39, 0.29) is 25.8 Å². The quantitative estimate of drug-likeness (QED) is 0.0789. The molecule has 6 aromatic rings. The lowest BCUT2D eigenvalue weighted by atomic mass is 9.76. The smallest absolute Gasteiger partial charge is 0.188 e. The lowest BCUT2D eigenvalue weighted by Crippen LogP contribution is -2.23. The highest BCUT2D eigenvalue weighted by atomic mass is 16.7. The Morgan fingerprint density at radius 3 is 1.08 bits per heavy atom. The average Bonchev–Trinajstić information content (AvgIpc) is 3.40. The van der Waals surface area contributed by atoms with E-state index in [1.165, 1.54) is 107 Å². The van der Waals surface area contributed by atoms with Crippen LogP contribution in [0.15, 0.2) is 72.8 Å². The SMILES string of the molecule is COCOc1c(-c2cc(OC)ccc2OC(C)C[C@H](C)Oc2ccc(OC)cc2-c2cc(C)cc(-c3c4c(cc5c3CCCC5)CCCC4)c2OCOC)cc(C)cc1-c1c2c(cc3c1CCCC3)CCCC2. The van der Waals surface area contributed by atoms with Crippen molar-refractivity contribution in [2.24, 2.45) is 0 Å². The summed E-state index contributed by atoms with van der Waals surface area (Å²) in [6, 6.07) is 26.4. The molecular formula is C65H76O8. The Morgan fingerprint density at radius 1 is 0.397 bits per heavy atom. The normalized spacial score (nSPS) is 15.8. The molecule has 1 unspecified atom stereocenters. The van der Waals surface area contributed by atoms with Gasteiger partial charge in [0.25, 0.3) is 0 Å². The van der Waals surface area contributed by atoms with Gasteiger partial charge in [-0.05, 0) is 258 Å². The molecule has 0 bridgehead atoms. The van der Waals surface area contributed by atoms with Crippen LogP contribution in [0, 0.1) is 13.8 Å². The number of hydrogen-bond acceptors (Lipinski definition) is 8. The van der Waals surface area contributed by atoms with Gasteiger partial charge in [-0.2, -0.15) is 0 Å². The zero-order valence-electron chi connectivity index (χ0n) is 44.8. The van der Waals surface area contributed by atoms with Gasteiger partial charge in [0.05, 0.1) is 26.4 Å². The fourth-order valence-corrected chi connectivity index (χ4v) is 12.7. The largest absolute Gasteiger partial charge is 0.497 e. The first-order valence-electron chi connectivity index (χ1n) is 27.2. The van der Waals surface area contributed by atoms with Gasteiger partial charge in [-0.3, -0.25) is 0 Å². The first-order valence-corrected chi connectivity index (χ1v) is 27.2. The van der Waals surface area contributed by atoms with E-state index in [1.54, 1.807) is 28.4 Å². The van der Waals surface area contributed by atoms with Crippen molar-refractivity contribution < 1.29 is 37.9 Å². The second-order valence-corrected chi connectivity index (χ2v) is 21.2. The fraction of sp³-hybridized carbons (Fsp3) is 0.446. The molecule has 0 amide bonds. The van der Waals surface area contributed by atoms with E-state index in [9.17, 15) is 0 Å². The van der Waals surface area contributed by atoms with Crippen LogP contribution < -0.4 is 28.4 Å². The van der Waals surface area contributed by atoms with Crippen LogP contribution in [0.2, 0.25) is 0 Å². The third-order valence-corrected chi connectivity index (χ3v) is 15.9. The Bertz CT molecular complexity index is 2700. The van der Waals surface area contributed by atoms with E-state index in [2.05, 4.69) is 76.2 Å². The summed E-state index contributed by atoms with van der Waals surface area (Å²) in [6.45, 7) is 8.88. The van der Waals surface area contributed by atoms with Crippen LogP contribution in [0.1, 0.15) is 127 Å². The molecular weight excluding hydrogens is 909 g/mol. The molecule has 73 heavy (non-hydrogen) atoms. The van der Waals surface area contributed by atoms with Crippen LogP contribution in [0.3, 0.4) is 0 Å². The fourth-order valence-electron chi connectivity index (χ4n) is 12.7. The van der Waals surface area contributed by atoms with E-state index >= 15 is 0 Å². The number of hydrogen-bond donors (Lipinski definition) is 0. The van der Waals surface area contributed by atoms with Crippen molar-refractivity contribution in [1.82, 2.24) is 0 Å². The van der Waals surface area contributed by atoms with Crippen LogP contribution in [0.4, 0.5) is 0 Å². The van der Waals surface area contributed by atoms with Gasteiger partial charge >= 0.3 is 0 Å². The molecule has 4 aliphatic rings. The second kappa shape index (κ2) is 22.7. The minimum absolute atomic E-state index is 0.124. The molecule has 0 spiro atoms. The van der Waals surface area contributed by atoms with Crippen molar-refractivity contribution >= 4 is 0 Å². The van der Waals surface area contributed by atoms with Gasteiger partial charge in [0.2, 0.25) is 0 Å². The molecule has 0 heterocycles. The topological polar surface area (TPSA) is 73.8 Å². The van der Waals surface area contributed by atoms with Crippen LogP contribution in [0.25, 0.3) is 44.5 Å². The molecule has 4 aliphatic carbocycles. The monoisotopic (exact) mass is 985 g/mol. The van der Waals surface area contributed by atoms with Crippen molar-refractivity contribution in [2.45, 2.75) is 149 Å². The first kappa shape index (κ1) is 50.6. The summed E-state index contributed by atoms with van der Waals surface area (Å²) < 4.78 is 50.7. The van der Waals surface area contributed by atoms with E-state index < -0.39 is 0 Å². The van der Waals surface area contributed by atoms with Crippen LogP contribution in [-0.4, -0.2) is 54.2 Å². The molecule has 6 aromatic carbocycles. The summed E-state index contributed by atoms with van der Waals surface area (Å²) in [4.78, 5) is 0. The minimum Gasteiger partial charge on any atom is -0.497 e. The molecule has 0 aliphatic heterocycles. The standard InChI is InChI=1S/C65H76O8/c1-40-29-56(64(70-38-66-5)58(31-40)62-50-21-13-9-17-44(50)34-45-18-10-14-22-51(45)62)54-36-48(68-7)25-27-60(54)72-42(3)33-43(4)73-61-28-26-49(69-8)37-55(61)57-30-41(2)32-59(65(57)71-39-67-6)63-52-23-15-11-19-46(52)35-47-20-12-16-24-53(47)63/h25-32,34-37,42-43H,9-24,33,38-39H2,1-8H3/t42-,43?/m0/s1. The average molecular weight is 985 g/mol. The number of fused-ring (bicyclic) bond motifs is 4. The van der Waals surface area contributed by atoms with Crippen molar-refractivity contribution in [1.29, 1.82) is 0 Å². The Labute approximate surface area is 434 Å². The Kier molecular flexibility index (Phi) is 15.7. The summed E-state index contributed by atoms with van der Waals surface area (Å²) in [5, 5.41) is 0. The van der Waals surface area contributed by atoms with Gasteiger partial charge in [0, 0.05) is 54.0 Å². The van der Waals surface area contributed by atoms with E-state index in [4.69, 9.17) is 37.9 Å². The van der Waals surface area contributed by atoms with Gasteiger partial charge < -0.3 is 37.9 Å². The van der Waals surface area contributed by atoms with Crippen molar-refractivity contribution in [3.63, 3.8) is 0 Å². The molecule has 0 fully saturated rings. The van der Waals surface area contributed by atoms with Gasteiger partial charge in [-0.15, -0.1) is 0 Å². The van der Waals surface area contributed by atoms with Crippen LogP contribution >= 0.6 is 0 Å². The van der Waals surface area contributed by atoms with Crippen LogP contribution in [0.5, 0.6) is 34.5 Å². The Balaban J connectivity index is 0.995. The lowest BCUT2D eigenvalue weighted by Gasteiger charge is -2.30. The molecule has 8 heteroatoms. The number of aryl methyl sites for hydroxylation is 6. The van der Waals surface area contributed by atoms with Gasteiger partial charge in [0.15, 0.2) is 13.6 Å². The zero-order chi connectivity index (χ0) is 50.6. The number of ether oxygens (including phenoxy) is 8. The van der Waals surface area contributed by atoms with Crippen molar-refractivity contribution in [3.8, 4) is 79.0 Å². The third-order valence-electron chi connectivity index (χ3n) is 15.9. The summed E-state index contributed by atoms with van der Waals surface area (Å²) in [6.07, 6.45) is 18.8. The molecule has 10 rings (SSSR count). The maximum absolute atomic E-state index is 7.04. The van der Waals surface area contributed by atoms with E-state index in [0.29, 0.717) is 6.42 Å². The molecule has 0 N–H and O–H groups in total. The number of methoxy groups -OCH3 is 4. The minimum atomic E-state index is -0.230. The van der Waals surface area contributed by atoms with E-state index in [0.717, 1.165) is 130 Å². The first-order chi connectivity index (χ1) is 35.7. The highest BCUT2D eigenvalue weighted by Gasteiger charge is 2.30. The highest BCUT2D eigenvalue weighted by molar-refractivity contribution is 5.91. The molecule has 2 atom stereocenters. The molecule has 0 radical (unpaired) electrons. The van der Waals surface area contributed by atoms with Gasteiger partial charge in [0.1, 0.15) is 34.5 Å². The molecule has 0 saturated heterocycles. The van der Waals surface area contributed by atoms with Gasteiger partial charge in [-0.1, -0.05) is 12.1 Å². The zero-order valence-corrected chi connectivity index (χ0v) is 44.8. The van der Waals surface area contributed by atoms with Crippen molar-refractivity contribution in [3.05, 3.63) is 128 Å². The maximum atomic E-state index is 7.04. The molecule has 0 saturated carbocycles. The molecule has 8 nitrogen and oxygen atoms in total. The number of rotatable bonds is 18. The maximum Gasteiger partial charge on any atom is 0.188 e. The Hall–Kier alpha value is -5.96. The summed E-state index contributed by atoms with van der Waals surface area (Å²) >= 11 is 0. The third kappa shape index (κ3) is 10.6. The molecule has 0 aromatic heterocycles. The van der Waals surface area contributed by atoms with Crippen molar-refractivity contribution in [2.75, 3.05) is 42.0 Å². The Morgan fingerprint density at radius 2 is 0.740 bits per heavy atom. The van der Waals surface area contributed by atoms with Gasteiger partial charge in [-0.25, -0.2) is 0 Å². The number of benzene rings is 6. The molecule has 384 valence electrons.